The number of rotatable bonds is 5. The molecular weight excluding hydrogens is 592 g/mol. The van der Waals surface area contributed by atoms with Gasteiger partial charge in [0.1, 0.15) is 18.5 Å². The predicted molar refractivity (Wildman–Crippen MR) is 183 cm³/mol. The summed E-state index contributed by atoms with van der Waals surface area (Å²) in [5.41, 5.74) is 4.33. The summed E-state index contributed by atoms with van der Waals surface area (Å²) in [5, 5.41) is 2.47. The second-order valence-corrected chi connectivity index (χ2v) is 13.0. The summed E-state index contributed by atoms with van der Waals surface area (Å²) in [7, 11) is 4.12. The minimum absolute atomic E-state index is 0.0521. The zero-order valence-corrected chi connectivity index (χ0v) is 27.4. The predicted octanol–water partition coefficient (Wildman–Crippen LogP) is 5.14. The Bertz CT molecular complexity index is 1680. The van der Waals surface area contributed by atoms with Gasteiger partial charge in [-0.2, -0.15) is 9.97 Å². The molecule has 1 aromatic heterocycles. The van der Waals surface area contributed by atoms with E-state index in [1.54, 1.807) is 4.90 Å². The quantitative estimate of drug-likeness (QED) is 0.296. The molecule has 4 aromatic rings. The molecule has 0 N–H and O–H groups in total. The van der Waals surface area contributed by atoms with Gasteiger partial charge in [0.15, 0.2) is 0 Å². The molecule has 2 unspecified atom stereocenters. The third kappa shape index (κ3) is 7.13. The number of piperazine rings is 1. The number of likely N-dealkylation sites (N-methyl/N-ethyl adjacent to an activating group) is 1. The highest BCUT2D eigenvalue weighted by Crippen LogP contribution is 2.35. The van der Waals surface area contributed by atoms with Crippen LogP contribution in [0.5, 0.6) is 6.01 Å². The number of amides is 1. The lowest BCUT2D eigenvalue weighted by atomic mass is 10.0. The minimum Gasteiger partial charge on any atom is -0.459 e. The first kappa shape index (κ1) is 31.2. The highest BCUT2D eigenvalue weighted by molar-refractivity contribution is 5.94. The lowest BCUT2D eigenvalue weighted by Crippen LogP contribution is -2.57. The van der Waals surface area contributed by atoms with E-state index in [2.05, 4.69) is 71.3 Å². The van der Waals surface area contributed by atoms with E-state index in [-0.39, 0.29) is 24.8 Å². The van der Waals surface area contributed by atoms with Gasteiger partial charge < -0.3 is 33.8 Å². The molecule has 7 rings (SSSR count). The van der Waals surface area contributed by atoms with Crippen LogP contribution < -0.4 is 14.5 Å². The summed E-state index contributed by atoms with van der Waals surface area (Å²) in [5.74, 6) is 0.901. The first-order chi connectivity index (χ1) is 23.0. The van der Waals surface area contributed by atoms with Gasteiger partial charge in [-0.05, 0) is 50.4 Å². The Morgan fingerprint density at radius 2 is 1.81 bits per heavy atom. The summed E-state index contributed by atoms with van der Waals surface area (Å²) in [6.07, 6.45) is 2.15. The number of hydrogen-bond donors (Lipinski definition) is 0. The van der Waals surface area contributed by atoms with Gasteiger partial charge in [-0.3, -0.25) is 0 Å². The second-order valence-electron chi connectivity index (χ2n) is 13.0. The van der Waals surface area contributed by atoms with Crippen LogP contribution in [0.25, 0.3) is 10.8 Å². The smallest absolute Gasteiger partial charge is 0.410 e. The van der Waals surface area contributed by atoms with E-state index in [4.69, 9.17) is 24.2 Å². The third-order valence-electron chi connectivity index (χ3n) is 9.31. The maximum Gasteiger partial charge on any atom is 0.410 e. The maximum absolute atomic E-state index is 13.2. The van der Waals surface area contributed by atoms with Crippen LogP contribution in [0.1, 0.15) is 29.7 Å². The third-order valence-corrected chi connectivity index (χ3v) is 9.31. The average Bonchev–Trinajstić information content (AvgIpc) is 3.09. The highest BCUT2D eigenvalue weighted by atomic mass is 16.6. The first-order valence-corrected chi connectivity index (χ1v) is 16.8. The Morgan fingerprint density at radius 3 is 2.68 bits per heavy atom. The van der Waals surface area contributed by atoms with Crippen LogP contribution in [0, 0.1) is 0 Å². The minimum atomic E-state index is -0.300. The lowest BCUT2D eigenvalue weighted by molar-refractivity contribution is 0.0619. The molecule has 10 nitrogen and oxygen atoms in total. The number of benzene rings is 3. The molecule has 10 heteroatoms. The highest BCUT2D eigenvalue weighted by Gasteiger charge is 2.35. The molecule has 2 atom stereocenters. The molecule has 1 fully saturated rings. The Balaban J connectivity index is 1.19. The largest absolute Gasteiger partial charge is 0.459 e. The van der Waals surface area contributed by atoms with Crippen molar-refractivity contribution in [2.45, 2.75) is 44.6 Å². The number of ether oxygens (including phenoxy) is 3. The SMILES string of the molecule is CN(C)CC1CCCOCC2CN(C(=O)OCc3ccccc3)CCN2c2nc(nc3c2CCN(c2cccc4ccccc24)C3)O1. The van der Waals surface area contributed by atoms with Gasteiger partial charge in [0.25, 0.3) is 0 Å². The monoisotopic (exact) mass is 636 g/mol. The van der Waals surface area contributed by atoms with Crippen molar-refractivity contribution < 1.29 is 19.0 Å². The number of nitrogens with zero attached hydrogens (tertiary/aromatic N) is 6. The molecule has 3 aliphatic heterocycles. The van der Waals surface area contributed by atoms with Crippen LogP contribution in [0.15, 0.2) is 72.8 Å². The molecule has 246 valence electrons. The van der Waals surface area contributed by atoms with E-state index < -0.39 is 0 Å². The van der Waals surface area contributed by atoms with Crippen molar-refractivity contribution in [1.82, 2.24) is 19.8 Å². The molecule has 1 amide bonds. The molecule has 0 spiro atoms. The molecular formula is C37H44N6O4. The number of hydrogen-bond acceptors (Lipinski definition) is 9. The van der Waals surface area contributed by atoms with Crippen molar-refractivity contribution in [1.29, 1.82) is 0 Å². The maximum atomic E-state index is 13.2. The van der Waals surface area contributed by atoms with Gasteiger partial charge in [0, 0.05) is 56.0 Å². The van der Waals surface area contributed by atoms with Crippen molar-refractivity contribution in [2.24, 2.45) is 0 Å². The van der Waals surface area contributed by atoms with Gasteiger partial charge >= 0.3 is 12.1 Å². The fourth-order valence-corrected chi connectivity index (χ4v) is 7.00. The summed E-state index contributed by atoms with van der Waals surface area (Å²) >= 11 is 0. The van der Waals surface area contributed by atoms with Crippen molar-refractivity contribution in [3.8, 4) is 6.01 Å². The van der Waals surface area contributed by atoms with Crippen LogP contribution in [-0.2, 0) is 29.0 Å². The summed E-state index contributed by atoms with van der Waals surface area (Å²) in [6.45, 7) is 5.31. The molecule has 2 bridgehead atoms. The first-order valence-electron chi connectivity index (χ1n) is 16.8. The average molecular weight is 637 g/mol. The summed E-state index contributed by atoms with van der Waals surface area (Å²) < 4.78 is 18.6. The van der Waals surface area contributed by atoms with Crippen molar-refractivity contribution in [3.63, 3.8) is 0 Å². The van der Waals surface area contributed by atoms with E-state index in [9.17, 15) is 4.79 Å². The van der Waals surface area contributed by atoms with E-state index in [1.165, 1.54) is 16.5 Å². The van der Waals surface area contributed by atoms with Gasteiger partial charge in [0.05, 0.1) is 24.9 Å². The zero-order chi connectivity index (χ0) is 32.2. The molecule has 0 aliphatic carbocycles. The van der Waals surface area contributed by atoms with Crippen LogP contribution >= 0.6 is 0 Å². The number of fused-ring (bicyclic) bond motifs is 7. The summed E-state index contributed by atoms with van der Waals surface area (Å²) in [4.78, 5) is 32.1. The zero-order valence-electron chi connectivity index (χ0n) is 27.4. The molecule has 0 radical (unpaired) electrons. The van der Waals surface area contributed by atoms with Crippen LogP contribution in [0.4, 0.5) is 16.3 Å². The number of carbonyl (C=O) groups is 1. The fraction of sp³-hybridized carbons (Fsp3) is 0.432. The van der Waals surface area contributed by atoms with Crippen LogP contribution in [-0.4, -0.2) is 98.0 Å². The normalized spacial score (nSPS) is 20.1. The van der Waals surface area contributed by atoms with Gasteiger partial charge in [-0.15, -0.1) is 0 Å². The number of anilines is 2. The van der Waals surface area contributed by atoms with Crippen LogP contribution in [0.2, 0.25) is 0 Å². The van der Waals surface area contributed by atoms with Crippen molar-refractivity contribution >= 4 is 28.4 Å². The van der Waals surface area contributed by atoms with Gasteiger partial charge in [-0.25, -0.2) is 4.79 Å². The molecule has 4 heterocycles. The lowest BCUT2D eigenvalue weighted by Gasteiger charge is -2.43. The molecule has 3 aliphatic rings. The van der Waals surface area contributed by atoms with E-state index >= 15 is 0 Å². The van der Waals surface area contributed by atoms with Crippen LogP contribution in [0.3, 0.4) is 0 Å². The summed E-state index contributed by atoms with van der Waals surface area (Å²) in [6, 6.07) is 25.2. The molecule has 1 saturated heterocycles. The topological polar surface area (TPSA) is 83.5 Å². The van der Waals surface area contributed by atoms with Crippen molar-refractivity contribution in [2.75, 3.05) is 69.8 Å². The molecule has 3 aromatic carbocycles. The molecule has 0 saturated carbocycles. The van der Waals surface area contributed by atoms with E-state index in [0.29, 0.717) is 45.4 Å². The number of aromatic nitrogens is 2. The Hall–Kier alpha value is -4.41. The number of carbonyl (C=O) groups excluding carboxylic acids is 1. The van der Waals surface area contributed by atoms with Gasteiger partial charge in [0.2, 0.25) is 0 Å². The Morgan fingerprint density at radius 1 is 0.979 bits per heavy atom. The van der Waals surface area contributed by atoms with Gasteiger partial charge in [-0.1, -0.05) is 66.7 Å². The molecule has 47 heavy (non-hydrogen) atoms. The van der Waals surface area contributed by atoms with E-state index in [1.807, 2.05) is 30.3 Å². The Labute approximate surface area is 276 Å². The van der Waals surface area contributed by atoms with Crippen molar-refractivity contribution in [3.05, 3.63) is 89.6 Å². The standard InChI is InChI=1S/C37H44N6O4/c1-40(2)23-30-14-9-21-45-26-29-22-42(37(44)46-25-27-10-4-3-5-11-27)19-20-43(29)35-32-17-18-41(24-33(32)38-36(39-35)47-30)34-16-8-13-28-12-6-7-15-31(28)34/h3-8,10-13,15-16,29-30H,9,14,17-26H2,1-2H3. The Kier molecular flexibility index (Phi) is 9.39. The fourth-order valence-electron chi connectivity index (χ4n) is 7.00. The second kappa shape index (κ2) is 14.1. The van der Waals surface area contributed by atoms with E-state index in [0.717, 1.165) is 55.0 Å².